The lowest BCUT2D eigenvalue weighted by Crippen LogP contribution is -2.45. The van der Waals surface area contributed by atoms with E-state index in [0.29, 0.717) is 12.5 Å². The van der Waals surface area contributed by atoms with Crippen molar-refractivity contribution in [2.45, 2.75) is 32.4 Å². The van der Waals surface area contributed by atoms with Crippen LogP contribution in [-0.2, 0) is 11.3 Å². The van der Waals surface area contributed by atoms with E-state index in [1.165, 1.54) is 5.56 Å². The number of urea groups is 1. The van der Waals surface area contributed by atoms with Crippen molar-refractivity contribution < 1.29 is 9.53 Å². The summed E-state index contributed by atoms with van der Waals surface area (Å²) < 4.78 is 5.34. The topological polar surface area (TPSA) is 57.7 Å². The van der Waals surface area contributed by atoms with Crippen LogP contribution in [0.5, 0.6) is 0 Å². The minimum absolute atomic E-state index is 0.0116. The van der Waals surface area contributed by atoms with Gasteiger partial charge in [-0.15, -0.1) is 0 Å². The first-order valence-corrected chi connectivity index (χ1v) is 8.55. The molecule has 1 aliphatic rings. The van der Waals surface area contributed by atoms with Crippen molar-refractivity contribution in [1.29, 1.82) is 0 Å². The van der Waals surface area contributed by atoms with Crippen LogP contribution < -0.4 is 5.32 Å². The average molecular weight is 334 g/mol. The molecule has 0 spiro atoms. The smallest absolute Gasteiger partial charge is 0.317 e. The minimum Gasteiger partial charge on any atom is -0.377 e. The molecule has 6 nitrogen and oxygen atoms in total. The van der Waals surface area contributed by atoms with Crippen molar-refractivity contribution in [2.24, 2.45) is 5.92 Å². The molecule has 0 saturated carbocycles. The van der Waals surface area contributed by atoms with Gasteiger partial charge in [0.25, 0.3) is 0 Å². The maximum atomic E-state index is 12.3. The Kier molecular flexibility index (Phi) is 6.57. The Morgan fingerprint density at radius 3 is 3.00 bits per heavy atom. The fourth-order valence-corrected chi connectivity index (χ4v) is 2.95. The van der Waals surface area contributed by atoms with Crippen molar-refractivity contribution >= 4 is 6.03 Å². The zero-order valence-electron chi connectivity index (χ0n) is 15.3. The lowest BCUT2D eigenvalue weighted by molar-refractivity contribution is 0.0245. The van der Waals surface area contributed by atoms with E-state index in [4.69, 9.17) is 4.74 Å². The van der Waals surface area contributed by atoms with Gasteiger partial charge in [-0.2, -0.15) is 0 Å². The van der Waals surface area contributed by atoms with Gasteiger partial charge in [-0.25, -0.2) is 4.79 Å². The van der Waals surface area contributed by atoms with Gasteiger partial charge in [-0.1, -0.05) is 6.07 Å². The molecule has 0 radical (unpaired) electrons. The summed E-state index contributed by atoms with van der Waals surface area (Å²) >= 11 is 0. The van der Waals surface area contributed by atoms with Crippen molar-refractivity contribution in [3.63, 3.8) is 0 Å². The number of nitrogens with zero attached hydrogens (tertiary/aromatic N) is 3. The molecular formula is C18H30N4O2. The van der Waals surface area contributed by atoms with E-state index < -0.39 is 0 Å². The second-order valence-corrected chi connectivity index (χ2v) is 7.28. The third-order valence-electron chi connectivity index (χ3n) is 4.54. The van der Waals surface area contributed by atoms with Crippen LogP contribution in [0.1, 0.15) is 25.8 Å². The Bertz CT molecular complexity index is 521. The molecule has 2 amide bonds. The van der Waals surface area contributed by atoms with E-state index >= 15 is 0 Å². The SMILES string of the molecule is COC(C)(C)CNC(=O)N1CC[C@@H](CN(C)Cc2cccnc2)C1. The number of hydrogen-bond donors (Lipinski definition) is 1. The van der Waals surface area contributed by atoms with Gasteiger partial charge in [0.2, 0.25) is 0 Å². The summed E-state index contributed by atoms with van der Waals surface area (Å²) in [5.41, 5.74) is 0.882. The zero-order valence-corrected chi connectivity index (χ0v) is 15.3. The highest BCUT2D eigenvalue weighted by molar-refractivity contribution is 5.74. The second-order valence-electron chi connectivity index (χ2n) is 7.28. The van der Waals surface area contributed by atoms with E-state index in [-0.39, 0.29) is 11.6 Å². The van der Waals surface area contributed by atoms with Crippen molar-refractivity contribution in [3.8, 4) is 0 Å². The lowest BCUT2D eigenvalue weighted by atomic mass is 10.1. The zero-order chi connectivity index (χ0) is 17.6. The van der Waals surface area contributed by atoms with E-state index in [1.54, 1.807) is 13.3 Å². The Morgan fingerprint density at radius 1 is 1.54 bits per heavy atom. The molecule has 1 atom stereocenters. The van der Waals surface area contributed by atoms with Crippen molar-refractivity contribution in [3.05, 3.63) is 30.1 Å². The quantitative estimate of drug-likeness (QED) is 0.828. The van der Waals surface area contributed by atoms with Crippen LogP contribution in [0.25, 0.3) is 0 Å². The molecule has 1 fully saturated rings. The first kappa shape index (κ1) is 18.7. The van der Waals surface area contributed by atoms with Crippen molar-refractivity contribution in [2.75, 3.05) is 40.3 Å². The van der Waals surface area contributed by atoms with Gasteiger partial charge in [0.15, 0.2) is 0 Å². The third-order valence-corrected chi connectivity index (χ3v) is 4.54. The highest BCUT2D eigenvalue weighted by Gasteiger charge is 2.28. The number of nitrogens with one attached hydrogen (secondary N) is 1. The number of carbonyl (C=O) groups is 1. The van der Waals surface area contributed by atoms with E-state index in [0.717, 1.165) is 32.6 Å². The first-order chi connectivity index (χ1) is 11.4. The highest BCUT2D eigenvalue weighted by atomic mass is 16.5. The maximum Gasteiger partial charge on any atom is 0.317 e. The fraction of sp³-hybridized carbons (Fsp3) is 0.667. The fourth-order valence-electron chi connectivity index (χ4n) is 2.95. The van der Waals surface area contributed by atoms with Crippen LogP contribution in [0, 0.1) is 5.92 Å². The number of hydrogen-bond acceptors (Lipinski definition) is 4. The molecule has 0 bridgehead atoms. The highest BCUT2D eigenvalue weighted by Crippen LogP contribution is 2.18. The normalized spacial score (nSPS) is 18.2. The molecule has 1 saturated heterocycles. The van der Waals surface area contributed by atoms with Crippen LogP contribution in [0.15, 0.2) is 24.5 Å². The average Bonchev–Trinajstić information content (AvgIpc) is 3.02. The summed E-state index contributed by atoms with van der Waals surface area (Å²) in [6.07, 6.45) is 4.75. The Balaban J connectivity index is 1.73. The third kappa shape index (κ3) is 5.76. The molecule has 1 aromatic rings. The Labute approximate surface area is 145 Å². The molecule has 0 unspecified atom stereocenters. The van der Waals surface area contributed by atoms with Crippen LogP contribution >= 0.6 is 0 Å². The molecule has 6 heteroatoms. The molecule has 1 aromatic heterocycles. The summed E-state index contributed by atoms with van der Waals surface area (Å²) in [5.74, 6) is 0.521. The molecule has 134 valence electrons. The van der Waals surface area contributed by atoms with Gasteiger partial charge in [0, 0.05) is 52.2 Å². The number of ether oxygens (including phenoxy) is 1. The Morgan fingerprint density at radius 2 is 2.33 bits per heavy atom. The van der Waals surface area contributed by atoms with Gasteiger partial charge < -0.3 is 19.9 Å². The molecule has 2 heterocycles. The van der Waals surface area contributed by atoms with Gasteiger partial charge in [-0.3, -0.25) is 4.98 Å². The summed E-state index contributed by atoms with van der Waals surface area (Å²) in [5, 5.41) is 2.97. The summed E-state index contributed by atoms with van der Waals surface area (Å²) in [6.45, 7) is 7.97. The standard InChI is InChI=1S/C18H30N4O2/c1-18(2,24-4)14-20-17(23)22-9-7-16(13-22)12-21(3)11-15-6-5-8-19-10-15/h5-6,8,10,16H,7,9,11-14H2,1-4H3,(H,20,23)/t16-/m0/s1. The largest absolute Gasteiger partial charge is 0.377 e. The molecule has 2 rings (SSSR count). The Hall–Kier alpha value is -1.66. The second kappa shape index (κ2) is 8.44. The molecule has 1 aliphatic heterocycles. The van der Waals surface area contributed by atoms with E-state index in [9.17, 15) is 4.79 Å². The minimum atomic E-state index is -0.335. The number of aromatic nitrogens is 1. The summed E-state index contributed by atoms with van der Waals surface area (Å²) in [4.78, 5) is 20.6. The number of amides is 2. The van der Waals surface area contributed by atoms with Gasteiger partial charge in [0.05, 0.1) is 5.60 Å². The number of pyridine rings is 1. The molecule has 1 N–H and O–H groups in total. The van der Waals surface area contributed by atoms with E-state index in [2.05, 4.69) is 28.3 Å². The van der Waals surface area contributed by atoms with Crippen LogP contribution in [0.4, 0.5) is 4.79 Å². The predicted molar refractivity (Wildman–Crippen MR) is 94.7 cm³/mol. The monoisotopic (exact) mass is 334 g/mol. The molecule has 0 aliphatic carbocycles. The first-order valence-electron chi connectivity index (χ1n) is 8.55. The van der Waals surface area contributed by atoms with Gasteiger partial charge in [-0.05, 0) is 44.9 Å². The maximum absolute atomic E-state index is 12.3. The number of carbonyl (C=O) groups excluding carboxylic acids is 1. The van der Waals surface area contributed by atoms with Gasteiger partial charge in [0.1, 0.15) is 0 Å². The molecule has 0 aromatic carbocycles. The summed E-state index contributed by atoms with van der Waals surface area (Å²) in [7, 11) is 3.78. The van der Waals surface area contributed by atoms with E-state index in [1.807, 2.05) is 31.0 Å². The number of likely N-dealkylation sites (tertiary alicyclic amines) is 1. The number of rotatable bonds is 7. The van der Waals surface area contributed by atoms with Crippen LogP contribution in [0.3, 0.4) is 0 Å². The summed E-state index contributed by atoms with van der Waals surface area (Å²) in [6, 6.07) is 4.07. The number of methoxy groups -OCH3 is 1. The van der Waals surface area contributed by atoms with Gasteiger partial charge >= 0.3 is 6.03 Å². The van der Waals surface area contributed by atoms with Crippen molar-refractivity contribution in [1.82, 2.24) is 20.1 Å². The van der Waals surface area contributed by atoms with Crippen LogP contribution in [0.2, 0.25) is 0 Å². The molecule has 24 heavy (non-hydrogen) atoms. The predicted octanol–water partition coefficient (Wildman–Crippen LogP) is 1.97. The molecular weight excluding hydrogens is 304 g/mol. The van der Waals surface area contributed by atoms with Crippen LogP contribution in [-0.4, -0.2) is 66.8 Å². The lowest BCUT2D eigenvalue weighted by Gasteiger charge is -2.25.